The van der Waals surface area contributed by atoms with Crippen LogP contribution in [0, 0.1) is 0 Å². The number of thioether (sulfide) groups is 1. The molecular formula is C15H17N3O2S. The first kappa shape index (κ1) is 14.0. The number of carbonyl (C=O) groups is 1. The quantitative estimate of drug-likeness (QED) is 0.879. The summed E-state index contributed by atoms with van der Waals surface area (Å²) in [7, 11) is 2.04. The Morgan fingerprint density at radius 2 is 2.43 bits per heavy atom. The number of hydrogen-bond donors (Lipinski definition) is 1. The van der Waals surface area contributed by atoms with Gasteiger partial charge in [-0.3, -0.25) is 4.40 Å². The average Bonchev–Trinajstić information content (AvgIpc) is 3.12. The molecule has 2 aromatic rings. The van der Waals surface area contributed by atoms with E-state index in [2.05, 4.69) is 9.88 Å². The number of pyridine rings is 1. The van der Waals surface area contributed by atoms with Crippen LogP contribution in [0.3, 0.4) is 0 Å². The zero-order valence-corrected chi connectivity index (χ0v) is 12.6. The van der Waals surface area contributed by atoms with Gasteiger partial charge in [0.15, 0.2) is 5.82 Å². The maximum absolute atomic E-state index is 10.8. The largest absolute Gasteiger partial charge is 0.478 e. The molecule has 0 saturated carbocycles. The van der Waals surface area contributed by atoms with Gasteiger partial charge in [0.2, 0.25) is 0 Å². The normalized spacial score (nSPS) is 18.6. The Kier molecular flexibility index (Phi) is 3.88. The van der Waals surface area contributed by atoms with Crippen molar-refractivity contribution in [2.45, 2.75) is 12.5 Å². The van der Waals surface area contributed by atoms with Crippen LogP contribution >= 0.6 is 11.8 Å². The number of anilines is 1. The molecule has 0 aromatic carbocycles. The lowest BCUT2D eigenvalue weighted by atomic mass is 10.2. The van der Waals surface area contributed by atoms with Crippen molar-refractivity contribution in [3.05, 3.63) is 36.2 Å². The summed E-state index contributed by atoms with van der Waals surface area (Å²) in [5.41, 5.74) is 1.64. The highest BCUT2D eigenvalue weighted by atomic mass is 32.2. The maximum Gasteiger partial charge on any atom is 0.328 e. The van der Waals surface area contributed by atoms with E-state index in [1.807, 2.05) is 47.6 Å². The molecule has 1 N–H and O–H groups in total. The second kappa shape index (κ2) is 5.81. The summed E-state index contributed by atoms with van der Waals surface area (Å²) < 4.78 is 1.92. The lowest BCUT2D eigenvalue weighted by Crippen LogP contribution is -2.32. The van der Waals surface area contributed by atoms with Gasteiger partial charge < -0.3 is 10.0 Å². The Morgan fingerprint density at radius 1 is 1.57 bits per heavy atom. The number of imidazole rings is 1. The van der Waals surface area contributed by atoms with E-state index < -0.39 is 5.97 Å². The number of carboxylic acid groups (broad SMARTS) is 1. The third-order valence-electron chi connectivity index (χ3n) is 3.72. The fourth-order valence-corrected chi connectivity index (χ4v) is 3.84. The van der Waals surface area contributed by atoms with E-state index in [-0.39, 0.29) is 0 Å². The number of nitrogens with zero attached hydrogens (tertiary/aromatic N) is 3. The first-order chi connectivity index (χ1) is 10.2. The SMILES string of the molecule is CN(c1nc2ccccn2c1/C=C/C(=O)O)C1CCSC1. The summed E-state index contributed by atoms with van der Waals surface area (Å²) in [5, 5.41) is 8.89. The summed E-state index contributed by atoms with van der Waals surface area (Å²) in [6, 6.07) is 6.24. The fraction of sp³-hybridized carbons (Fsp3) is 0.333. The van der Waals surface area contributed by atoms with Crippen molar-refractivity contribution in [2.24, 2.45) is 0 Å². The summed E-state index contributed by atoms with van der Waals surface area (Å²) >= 11 is 1.95. The standard InChI is InChI=1S/C15H17N3O2S/c1-17(11-7-9-21-10-11)15-12(5-6-14(19)20)18-8-3-2-4-13(18)16-15/h2-6,8,11H,7,9-10H2,1H3,(H,19,20)/b6-5+. The van der Waals surface area contributed by atoms with Crippen LogP contribution in [0.5, 0.6) is 0 Å². The van der Waals surface area contributed by atoms with Crippen molar-refractivity contribution in [1.82, 2.24) is 9.38 Å². The molecule has 3 heterocycles. The molecule has 1 unspecified atom stereocenters. The van der Waals surface area contributed by atoms with Crippen LogP contribution in [0.15, 0.2) is 30.5 Å². The lowest BCUT2D eigenvalue weighted by molar-refractivity contribution is -0.131. The van der Waals surface area contributed by atoms with Gasteiger partial charge in [0.05, 0.1) is 5.69 Å². The Bertz CT molecular complexity index is 689. The van der Waals surface area contributed by atoms with Gasteiger partial charge in [-0.25, -0.2) is 9.78 Å². The second-order valence-corrected chi connectivity index (χ2v) is 6.20. The maximum atomic E-state index is 10.8. The fourth-order valence-electron chi connectivity index (χ4n) is 2.57. The molecular weight excluding hydrogens is 286 g/mol. The van der Waals surface area contributed by atoms with Crippen LogP contribution in [-0.4, -0.2) is 45.1 Å². The van der Waals surface area contributed by atoms with Gasteiger partial charge in [-0.05, 0) is 30.4 Å². The second-order valence-electron chi connectivity index (χ2n) is 5.05. The highest BCUT2D eigenvalue weighted by molar-refractivity contribution is 7.99. The predicted octanol–water partition coefficient (Wildman–Crippen LogP) is 2.37. The van der Waals surface area contributed by atoms with E-state index in [1.165, 1.54) is 5.75 Å². The lowest BCUT2D eigenvalue weighted by Gasteiger charge is -2.24. The van der Waals surface area contributed by atoms with Crippen molar-refractivity contribution >= 4 is 35.3 Å². The molecule has 1 atom stereocenters. The molecule has 1 aliphatic heterocycles. The van der Waals surface area contributed by atoms with Crippen LogP contribution in [0.4, 0.5) is 5.82 Å². The Morgan fingerprint density at radius 3 is 3.14 bits per heavy atom. The molecule has 0 amide bonds. The monoisotopic (exact) mass is 303 g/mol. The van der Waals surface area contributed by atoms with Gasteiger partial charge in [0.25, 0.3) is 0 Å². The number of hydrogen-bond acceptors (Lipinski definition) is 4. The Labute approximate surface area is 127 Å². The van der Waals surface area contributed by atoms with Gasteiger partial charge in [-0.15, -0.1) is 0 Å². The van der Waals surface area contributed by atoms with Gasteiger partial charge in [0.1, 0.15) is 5.65 Å². The third-order valence-corrected chi connectivity index (χ3v) is 4.86. The first-order valence-corrected chi connectivity index (χ1v) is 8.01. The number of fused-ring (bicyclic) bond motifs is 1. The minimum Gasteiger partial charge on any atom is -0.478 e. The molecule has 5 nitrogen and oxygen atoms in total. The summed E-state index contributed by atoms with van der Waals surface area (Å²) in [4.78, 5) is 17.7. The highest BCUT2D eigenvalue weighted by Crippen LogP contribution is 2.29. The minimum absolute atomic E-state index is 0.455. The topological polar surface area (TPSA) is 57.8 Å². The van der Waals surface area contributed by atoms with Crippen LogP contribution < -0.4 is 4.90 Å². The molecule has 110 valence electrons. The molecule has 1 saturated heterocycles. The molecule has 0 bridgehead atoms. The van der Waals surface area contributed by atoms with Crippen molar-refractivity contribution < 1.29 is 9.90 Å². The number of aromatic nitrogens is 2. The van der Waals surface area contributed by atoms with Crippen LogP contribution in [0.2, 0.25) is 0 Å². The van der Waals surface area contributed by atoms with Gasteiger partial charge >= 0.3 is 5.97 Å². The molecule has 3 rings (SSSR count). The van der Waals surface area contributed by atoms with Crippen LogP contribution in [-0.2, 0) is 4.79 Å². The van der Waals surface area contributed by atoms with Crippen molar-refractivity contribution in [1.29, 1.82) is 0 Å². The number of aliphatic carboxylic acids is 1. The van der Waals surface area contributed by atoms with Crippen LogP contribution in [0.25, 0.3) is 11.7 Å². The minimum atomic E-state index is -0.953. The van der Waals surface area contributed by atoms with Crippen LogP contribution in [0.1, 0.15) is 12.1 Å². The number of rotatable bonds is 4. The van der Waals surface area contributed by atoms with E-state index >= 15 is 0 Å². The molecule has 0 radical (unpaired) electrons. The molecule has 2 aromatic heterocycles. The molecule has 6 heteroatoms. The smallest absolute Gasteiger partial charge is 0.328 e. The zero-order valence-electron chi connectivity index (χ0n) is 11.8. The average molecular weight is 303 g/mol. The molecule has 0 spiro atoms. The van der Waals surface area contributed by atoms with Crippen molar-refractivity contribution in [3.8, 4) is 0 Å². The predicted molar refractivity (Wildman–Crippen MR) is 86.0 cm³/mol. The Hall–Kier alpha value is -1.95. The molecule has 1 aliphatic rings. The van der Waals surface area contributed by atoms with E-state index in [1.54, 1.807) is 6.08 Å². The summed E-state index contributed by atoms with van der Waals surface area (Å²) in [5.74, 6) is 2.15. The van der Waals surface area contributed by atoms with E-state index in [0.717, 1.165) is 35.4 Å². The Balaban J connectivity index is 2.07. The van der Waals surface area contributed by atoms with Crippen molar-refractivity contribution in [2.75, 3.05) is 23.5 Å². The van der Waals surface area contributed by atoms with Crippen molar-refractivity contribution in [3.63, 3.8) is 0 Å². The third kappa shape index (κ3) is 2.76. The summed E-state index contributed by atoms with van der Waals surface area (Å²) in [6.45, 7) is 0. The van der Waals surface area contributed by atoms with Gasteiger partial charge in [-0.1, -0.05) is 6.07 Å². The van der Waals surface area contributed by atoms with E-state index in [9.17, 15) is 4.79 Å². The summed E-state index contributed by atoms with van der Waals surface area (Å²) in [6.07, 6.45) is 5.83. The van der Waals surface area contributed by atoms with Gasteiger partial charge in [0, 0.05) is 31.1 Å². The number of carboxylic acids is 1. The zero-order chi connectivity index (χ0) is 14.8. The van der Waals surface area contributed by atoms with E-state index in [4.69, 9.17) is 5.11 Å². The first-order valence-electron chi connectivity index (χ1n) is 6.85. The molecule has 1 fully saturated rings. The molecule has 0 aliphatic carbocycles. The van der Waals surface area contributed by atoms with Gasteiger partial charge in [-0.2, -0.15) is 11.8 Å². The highest BCUT2D eigenvalue weighted by Gasteiger charge is 2.24. The van der Waals surface area contributed by atoms with E-state index in [0.29, 0.717) is 6.04 Å². The molecule has 21 heavy (non-hydrogen) atoms.